The molecule has 0 spiro atoms. The molecule has 0 radical (unpaired) electrons. The van der Waals surface area contributed by atoms with Crippen LogP contribution in [0.3, 0.4) is 0 Å². The lowest BCUT2D eigenvalue weighted by Crippen LogP contribution is -2.11. The lowest BCUT2D eigenvalue weighted by atomic mass is 10.0. The van der Waals surface area contributed by atoms with Crippen molar-refractivity contribution < 1.29 is 9.18 Å². The topological polar surface area (TPSA) is 46.9 Å². The monoisotopic (exact) mass is 371 g/mol. The summed E-state index contributed by atoms with van der Waals surface area (Å²) >= 11 is 0. The van der Waals surface area contributed by atoms with Gasteiger partial charge < -0.3 is 5.32 Å². The second kappa shape index (κ2) is 7.88. The van der Waals surface area contributed by atoms with Gasteiger partial charge in [0.1, 0.15) is 5.82 Å². The standard InChI is InChI=1S/C23H18FN3O/c24-22-9-5-4-8-20(22)15-27-16-21(14-25-27)26-23(28)19-12-10-18(11-13-19)17-6-2-1-3-7-17/h1-14,16H,15H2,(H,26,28). The van der Waals surface area contributed by atoms with E-state index in [0.29, 0.717) is 23.4 Å². The van der Waals surface area contributed by atoms with Crippen molar-refractivity contribution in [1.82, 2.24) is 9.78 Å². The zero-order valence-electron chi connectivity index (χ0n) is 15.0. The fourth-order valence-electron chi connectivity index (χ4n) is 2.96. The number of rotatable bonds is 5. The van der Waals surface area contributed by atoms with E-state index < -0.39 is 0 Å². The predicted octanol–water partition coefficient (Wildman–Crippen LogP) is 4.99. The first-order chi connectivity index (χ1) is 13.7. The number of nitrogens with one attached hydrogen (secondary N) is 1. The third-order valence-electron chi connectivity index (χ3n) is 4.44. The Balaban J connectivity index is 1.43. The van der Waals surface area contributed by atoms with Gasteiger partial charge in [-0.25, -0.2) is 4.39 Å². The Morgan fingerprint density at radius 3 is 2.32 bits per heavy atom. The minimum atomic E-state index is -0.276. The Hall–Kier alpha value is -3.73. The van der Waals surface area contributed by atoms with Crippen molar-refractivity contribution in [1.29, 1.82) is 0 Å². The van der Waals surface area contributed by atoms with E-state index >= 15 is 0 Å². The van der Waals surface area contributed by atoms with Crippen LogP contribution in [0, 0.1) is 5.82 Å². The molecule has 1 aromatic heterocycles. The zero-order valence-corrected chi connectivity index (χ0v) is 15.0. The average molecular weight is 371 g/mol. The molecule has 0 aliphatic heterocycles. The molecule has 1 heterocycles. The van der Waals surface area contributed by atoms with Crippen molar-refractivity contribution in [2.75, 3.05) is 5.32 Å². The molecule has 0 atom stereocenters. The molecule has 28 heavy (non-hydrogen) atoms. The van der Waals surface area contributed by atoms with Gasteiger partial charge in [-0.2, -0.15) is 5.10 Å². The van der Waals surface area contributed by atoms with Crippen LogP contribution in [-0.2, 0) is 6.54 Å². The number of hydrogen-bond acceptors (Lipinski definition) is 2. The van der Waals surface area contributed by atoms with E-state index in [9.17, 15) is 9.18 Å². The Morgan fingerprint density at radius 1 is 0.893 bits per heavy atom. The molecule has 1 amide bonds. The molecule has 4 rings (SSSR count). The summed E-state index contributed by atoms with van der Waals surface area (Å²) in [6, 6.07) is 24.0. The largest absolute Gasteiger partial charge is 0.319 e. The van der Waals surface area contributed by atoms with Crippen LogP contribution in [0.5, 0.6) is 0 Å². The Kier molecular flexibility index (Phi) is 4.97. The van der Waals surface area contributed by atoms with Crippen LogP contribution < -0.4 is 5.32 Å². The molecule has 5 heteroatoms. The van der Waals surface area contributed by atoms with Crippen molar-refractivity contribution >= 4 is 11.6 Å². The number of carbonyl (C=O) groups excluding carboxylic acids is 1. The summed E-state index contributed by atoms with van der Waals surface area (Å²) in [5.41, 5.74) is 3.81. The lowest BCUT2D eigenvalue weighted by Gasteiger charge is -2.05. The van der Waals surface area contributed by atoms with E-state index in [1.807, 2.05) is 42.5 Å². The molecule has 138 valence electrons. The molecule has 1 N–H and O–H groups in total. The fourth-order valence-corrected chi connectivity index (χ4v) is 2.96. The van der Waals surface area contributed by atoms with Crippen LogP contribution in [0.4, 0.5) is 10.1 Å². The molecule has 0 saturated heterocycles. The molecule has 4 aromatic rings. The first-order valence-electron chi connectivity index (χ1n) is 8.92. The predicted molar refractivity (Wildman–Crippen MR) is 108 cm³/mol. The number of halogens is 1. The van der Waals surface area contributed by atoms with Crippen molar-refractivity contribution in [3.8, 4) is 11.1 Å². The number of hydrogen-bond donors (Lipinski definition) is 1. The summed E-state index contributed by atoms with van der Waals surface area (Å²) in [7, 11) is 0. The highest BCUT2D eigenvalue weighted by Crippen LogP contribution is 2.20. The molecule has 0 bridgehead atoms. The van der Waals surface area contributed by atoms with Crippen LogP contribution in [-0.4, -0.2) is 15.7 Å². The Morgan fingerprint density at radius 2 is 1.57 bits per heavy atom. The summed E-state index contributed by atoms with van der Waals surface area (Å²) in [6.45, 7) is 0.300. The number of anilines is 1. The highest BCUT2D eigenvalue weighted by molar-refractivity contribution is 6.04. The summed E-state index contributed by atoms with van der Waals surface area (Å²) in [5, 5.41) is 7.01. The van der Waals surface area contributed by atoms with Gasteiger partial charge >= 0.3 is 0 Å². The number of nitrogens with zero attached hydrogens (tertiary/aromatic N) is 2. The summed E-state index contributed by atoms with van der Waals surface area (Å²) < 4.78 is 15.3. The first kappa shape index (κ1) is 17.7. The van der Waals surface area contributed by atoms with Crippen LogP contribution in [0.15, 0.2) is 91.3 Å². The molecule has 0 aliphatic rings. The second-order valence-corrected chi connectivity index (χ2v) is 6.42. The lowest BCUT2D eigenvalue weighted by molar-refractivity contribution is 0.102. The van der Waals surface area contributed by atoms with E-state index in [1.54, 1.807) is 47.4 Å². The molecule has 0 unspecified atom stereocenters. The van der Waals surface area contributed by atoms with Gasteiger partial charge in [0.25, 0.3) is 5.91 Å². The van der Waals surface area contributed by atoms with Crippen molar-refractivity contribution in [3.63, 3.8) is 0 Å². The molecule has 0 aliphatic carbocycles. The van der Waals surface area contributed by atoms with E-state index in [4.69, 9.17) is 0 Å². The summed E-state index contributed by atoms with van der Waals surface area (Å²) in [4.78, 5) is 12.5. The normalized spacial score (nSPS) is 10.6. The maximum atomic E-state index is 13.8. The average Bonchev–Trinajstić information content (AvgIpc) is 3.17. The van der Waals surface area contributed by atoms with Crippen LogP contribution in [0.1, 0.15) is 15.9 Å². The minimum absolute atomic E-state index is 0.218. The second-order valence-electron chi connectivity index (χ2n) is 6.42. The molecule has 0 fully saturated rings. The van der Waals surface area contributed by atoms with Crippen molar-refractivity contribution in [3.05, 3.63) is 108 Å². The van der Waals surface area contributed by atoms with Crippen LogP contribution in [0.25, 0.3) is 11.1 Å². The van der Waals surface area contributed by atoms with Crippen molar-refractivity contribution in [2.24, 2.45) is 0 Å². The molecular formula is C23H18FN3O. The van der Waals surface area contributed by atoms with Gasteiger partial charge in [-0.3, -0.25) is 9.48 Å². The van der Waals surface area contributed by atoms with E-state index in [0.717, 1.165) is 11.1 Å². The van der Waals surface area contributed by atoms with E-state index in [-0.39, 0.29) is 11.7 Å². The first-order valence-corrected chi connectivity index (χ1v) is 8.92. The number of aromatic nitrogens is 2. The Labute approximate surface area is 162 Å². The van der Waals surface area contributed by atoms with Crippen LogP contribution >= 0.6 is 0 Å². The van der Waals surface area contributed by atoms with Gasteiger partial charge in [-0.05, 0) is 29.3 Å². The number of carbonyl (C=O) groups is 1. The minimum Gasteiger partial charge on any atom is -0.319 e. The maximum Gasteiger partial charge on any atom is 0.255 e. The van der Waals surface area contributed by atoms with Crippen molar-refractivity contribution in [2.45, 2.75) is 6.54 Å². The zero-order chi connectivity index (χ0) is 19.3. The van der Waals surface area contributed by atoms with Crippen LogP contribution in [0.2, 0.25) is 0 Å². The van der Waals surface area contributed by atoms with Gasteiger partial charge in [0.2, 0.25) is 0 Å². The fraction of sp³-hybridized carbons (Fsp3) is 0.0435. The highest BCUT2D eigenvalue weighted by Gasteiger charge is 2.09. The summed E-state index contributed by atoms with van der Waals surface area (Å²) in [5.74, 6) is -0.493. The molecule has 4 nitrogen and oxygen atoms in total. The smallest absolute Gasteiger partial charge is 0.255 e. The Bertz CT molecular complexity index is 1090. The molecular weight excluding hydrogens is 353 g/mol. The van der Waals surface area contributed by atoms with Gasteiger partial charge in [-0.1, -0.05) is 60.7 Å². The molecule has 3 aromatic carbocycles. The number of amides is 1. The van der Waals surface area contributed by atoms with E-state index in [2.05, 4.69) is 10.4 Å². The number of benzene rings is 3. The van der Waals surface area contributed by atoms with E-state index in [1.165, 1.54) is 6.07 Å². The SMILES string of the molecule is O=C(Nc1cnn(Cc2ccccc2F)c1)c1ccc(-c2ccccc2)cc1. The van der Waals surface area contributed by atoms with Gasteiger partial charge in [0.15, 0.2) is 0 Å². The quantitative estimate of drug-likeness (QED) is 0.537. The maximum absolute atomic E-state index is 13.8. The van der Waals surface area contributed by atoms with Gasteiger partial charge in [-0.15, -0.1) is 0 Å². The third-order valence-corrected chi connectivity index (χ3v) is 4.44. The summed E-state index contributed by atoms with van der Waals surface area (Å²) in [6.07, 6.45) is 3.24. The third kappa shape index (κ3) is 3.99. The highest BCUT2D eigenvalue weighted by atomic mass is 19.1. The molecule has 0 saturated carbocycles. The van der Waals surface area contributed by atoms with Gasteiger partial charge in [0.05, 0.1) is 18.4 Å². The van der Waals surface area contributed by atoms with Gasteiger partial charge in [0, 0.05) is 17.3 Å².